The van der Waals surface area contributed by atoms with E-state index >= 15 is 0 Å². The summed E-state index contributed by atoms with van der Waals surface area (Å²) in [5, 5.41) is 12.5. The number of hydroxylamine groups is 1. The standard InChI is InChI=1S/C19H18N2O4S/c1-12(24-15-8-6-13(7-9-15)19(26)21-23)11-20-18(22)17-10-14-4-2-3-5-16(14)25-17/h2-10,12,23H,11H2,1H3,(H,20,22)(H,21,26)/t12-/m1/s1. The molecule has 3 N–H and O–H groups in total. The van der Waals surface area contributed by atoms with Gasteiger partial charge in [-0.2, -0.15) is 0 Å². The quantitative estimate of drug-likeness (QED) is 0.456. The number of para-hydroxylation sites is 1. The van der Waals surface area contributed by atoms with Gasteiger partial charge in [0, 0.05) is 10.9 Å². The van der Waals surface area contributed by atoms with Gasteiger partial charge in [0.25, 0.3) is 5.91 Å². The minimum atomic E-state index is -0.286. The average molecular weight is 370 g/mol. The van der Waals surface area contributed by atoms with Crippen molar-refractivity contribution < 1.29 is 19.2 Å². The third-order valence-corrected chi connectivity index (χ3v) is 4.08. The van der Waals surface area contributed by atoms with Gasteiger partial charge in [0.1, 0.15) is 22.4 Å². The summed E-state index contributed by atoms with van der Waals surface area (Å²) < 4.78 is 11.3. The third-order valence-electron chi connectivity index (χ3n) is 3.75. The van der Waals surface area contributed by atoms with Crippen molar-refractivity contribution in [2.24, 2.45) is 0 Å². The minimum absolute atomic E-state index is 0.239. The van der Waals surface area contributed by atoms with Crippen molar-refractivity contribution in [2.45, 2.75) is 13.0 Å². The topological polar surface area (TPSA) is 83.7 Å². The summed E-state index contributed by atoms with van der Waals surface area (Å²) in [6.45, 7) is 2.18. The van der Waals surface area contributed by atoms with Gasteiger partial charge in [-0.25, -0.2) is 0 Å². The maximum absolute atomic E-state index is 12.2. The lowest BCUT2D eigenvalue weighted by Gasteiger charge is -2.15. The minimum Gasteiger partial charge on any atom is -0.489 e. The largest absolute Gasteiger partial charge is 0.489 e. The summed E-state index contributed by atoms with van der Waals surface area (Å²) in [5.41, 5.74) is 3.29. The lowest BCUT2D eigenvalue weighted by molar-refractivity contribution is 0.0906. The third kappa shape index (κ3) is 4.19. The predicted molar refractivity (Wildman–Crippen MR) is 102 cm³/mol. The second kappa shape index (κ2) is 7.99. The maximum atomic E-state index is 12.2. The van der Waals surface area contributed by atoms with Crippen LogP contribution in [0.5, 0.6) is 5.75 Å². The van der Waals surface area contributed by atoms with E-state index < -0.39 is 0 Å². The van der Waals surface area contributed by atoms with Crippen molar-refractivity contribution in [3.63, 3.8) is 0 Å². The van der Waals surface area contributed by atoms with Gasteiger partial charge in [-0.15, -0.1) is 0 Å². The molecule has 0 saturated heterocycles. The molecule has 7 heteroatoms. The number of hydrogen-bond donors (Lipinski definition) is 3. The number of amides is 1. The Balaban J connectivity index is 1.54. The highest BCUT2D eigenvalue weighted by molar-refractivity contribution is 7.80. The van der Waals surface area contributed by atoms with Crippen LogP contribution in [0.4, 0.5) is 0 Å². The highest BCUT2D eigenvalue weighted by Crippen LogP contribution is 2.18. The van der Waals surface area contributed by atoms with E-state index in [0.29, 0.717) is 23.4 Å². The number of rotatable bonds is 6. The number of furan rings is 1. The summed E-state index contributed by atoms with van der Waals surface area (Å²) in [6.07, 6.45) is -0.239. The second-order valence-electron chi connectivity index (χ2n) is 5.75. The molecular weight excluding hydrogens is 352 g/mol. The molecule has 1 atom stereocenters. The fourth-order valence-corrected chi connectivity index (χ4v) is 2.58. The van der Waals surface area contributed by atoms with Crippen LogP contribution >= 0.6 is 12.2 Å². The second-order valence-corrected chi connectivity index (χ2v) is 6.16. The van der Waals surface area contributed by atoms with Gasteiger partial charge in [-0.3, -0.25) is 15.5 Å². The Kier molecular flexibility index (Phi) is 5.50. The van der Waals surface area contributed by atoms with Crippen LogP contribution < -0.4 is 15.5 Å². The van der Waals surface area contributed by atoms with Gasteiger partial charge < -0.3 is 14.5 Å². The van der Waals surface area contributed by atoms with Gasteiger partial charge in [-0.05, 0) is 43.3 Å². The van der Waals surface area contributed by atoms with Gasteiger partial charge in [0.2, 0.25) is 0 Å². The van der Waals surface area contributed by atoms with Gasteiger partial charge in [0.15, 0.2) is 5.76 Å². The molecule has 0 bridgehead atoms. The Morgan fingerprint density at radius 3 is 2.65 bits per heavy atom. The molecule has 3 rings (SSSR count). The smallest absolute Gasteiger partial charge is 0.287 e. The molecule has 3 aromatic rings. The van der Waals surface area contributed by atoms with Gasteiger partial charge in [-0.1, -0.05) is 30.4 Å². The first-order valence-electron chi connectivity index (χ1n) is 8.05. The van der Waals surface area contributed by atoms with E-state index in [1.807, 2.05) is 36.7 Å². The first-order chi connectivity index (χ1) is 12.6. The summed E-state index contributed by atoms with van der Waals surface area (Å²) in [6, 6.07) is 16.1. The van der Waals surface area contributed by atoms with Crippen molar-refractivity contribution in [3.8, 4) is 5.75 Å². The van der Waals surface area contributed by atoms with E-state index in [9.17, 15) is 4.79 Å². The maximum Gasteiger partial charge on any atom is 0.287 e. The van der Waals surface area contributed by atoms with E-state index in [0.717, 1.165) is 5.39 Å². The molecule has 0 aliphatic rings. The van der Waals surface area contributed by atoms with Crippen molar-refractivity contribution in [2.75, 3.05) is 6.54 Å². The van der Waals surface area contributed by atoms with Crippen LogP contribution in [-0.2, 0) is 0 Å². The molecule has 0 unspecified atom stereocenters. The summed E-state index contributed by atoms with van der Waals surface area (Å²) in [5.74, 6) is 0.624. The van der Waals surface area contributed by atoms with Crippen molar-refractivity contribution >= 4 is 34.1 Å². The Morgan fingerprint density at radius 2 is 1.96 bits per heavy atom. The number of fused-ring (bicyclic) bond motifs is 1. The number of ether oxygens (including phenoxy) is 1. The van der Waals surface area contributed by atoms with Crippen molar-refractivity contribution in [1.29, 1.82) is 0 Å². The number of hydrogen-bond acceptors (Lipinski definition) is 5. The Bertz CT molecular complexity index is 888. The van der Waals surface area contributed by atoms with Gasteiger partial charge >= 0.3 is 0 Å². The van der Waals surface area contributed by atoms with Crippen LogP contribution in [0.3, 0.4) is 0 Å². The highest BCUT2D eigenvalue weighted by atomic mass is 32.1. The Labute approximate surface area is 155 Å². The molecule has 1 heterocycles. The number of nitrogens with one attached hydrogen (secondary N) is 2. The zero-order valence-electron chi connectivity index (χ0n) is 14.1. The molecule has 0 aliphatic heterocycles. The first-order valence-corrected chi connectivity index (χ1v) is 8.45. The molecule has 26 heavy (non-hydrogen) atoms. The van der Waals surface area contributed by atoms with E-state index in [1.54, 1.807) is 30.3 Å². The average Bonchev–Trinajstić information content (AvgIpc) is 3.10. The van der Waals surface area contributed by atoms with Crippen LogP contribution in [0.1, 0.15) is 23.0 Å². The lowest BCUT2D eigenvalue weighted by atomic mass is 10.2. The SMILES string of the molecule is C[C@H](CNC(=O)c1cc2ccccc2o1)Oc1ccc(C(=S)NO)cc1. The normalized spacial score (nSPS) is 11.8. The van der Waals surface area contributed by atoms with Crippen LogP contribution in [0.25, 0.3) is 11.0 Å². The zero-order chi connectivity index (χ0) is 18.5. The Morgan fingerprint density at radius 1 is 1.23 bits per heavy atom. The molecule has 0 saturated carbocycles. The molecule has 0 aliphatic carbocycles. The van der Waals surface area contributed by atoms with Crippen LogP contribution in [-0.4, -0.2) is 28.8 Å². The first kappa shape index (κ1) is 17.9. The van der Waals surface area contributed by atoms with Crippen LogP contribution in [0, 0.1) is 0 Å². The van der Waals surface area contributed by atoms with Crippen molar-refractivity contribution in [1.82, 2.24) is 10.8 Å². The monoisotopic (exact) mass is 370 g/mol. The molecular formula is C19H18N2O4S. The number of carbonyl (C=O) groups excluding carboxylic acids is 1. The molecule has 0 fully saturated rings. The molecule has 1 aromatic heterocycles. The zero-order valence-corrected chi connectivity index (χ0v) is 14.9. The molecule has 0 radical (unpaired) electrons. The fraction of sp³-hybridized carbons (Fsp3) is 0.158. The summed E-state index contributed by atoms with van der Waals surface area (Å²) in [7, 11) is 0. The van der Waals surface area contributed by atoms with E-state index in [1.165, 1.54) is 0 Å². The summed E-state index contributed by atoms with van der Waals surface area (Å²) >= 11 is 4.94. The Hall–Kier alpha value is -2.90. The molecule has 0 spiro atoms. The highest BCUT2D eigenvalue weighted by Gasteiger charge is 2.13. The van der Waals surface area contributed by atoms with Crippen molar-refractivity contribution in [3.05, 3.63) is 65.9 Å². The fourth-order valence-electron chi connectivity index (χ4n) is 2.44. The molecule has 6 nitrogen and oxygen atoms in total. The predicted octanol–water partition coefficient (Wildman–Crippen LogP) is 3.28. The van der Waals surface area contributed by atoms with Gasteiger partial charge in [0.05, 0.1) is 6.54 Å². The number of benzene rings is 2. The van der Waals surface area contributed by atoms with E-state index in [2.05, 4.69) is 5.32 Å². The molecule has 2 aromatic carbocycles. The number of thiocarbonyl (C=S) groups is 1. The molecule has 134 valence electrons. The van der Waals surface area contributed by atoms with Crippen LogP contribution in [0.15, 0.2) is 59.0 Å². The lowest BCUT2D eigenvalue weighted by Crippen LogP contribution is -2.33. The van der Waals surface area contributed by atoms with E-state index in [-0.39, 0.29) is 22.8 Å². The number of carbonyl (C=O) groups is 1. The molecule has 1 amide bonds. The van der Waals surface area contributed by atoms with Crippen LogP contribution in [0.2, 0.25) is 0 Å². The summed E-state index contributed by atoms with van der Waals surface area (Å²) in [4.78, 5) is 12.5. The van der Waals surface area contributed by atoms with E-state index in [4.69, 9.17) is 26.6 Å².